The van der Waals surface area contributed by atoms with Crippen LogP contribution in [0.15, 0.2) is 83.9 Å². The Balaban J connectivity index is 1.47. The van der Waals surface area contributed by atoms with Gasteiger partial charge in [-0.1, -0.05) is 30.3 Å². The standard InChI is InChI=1S/C28H27F2N3O7S2/c1-39-28(20-8-3-2-4-9-20,27(29,30)23-10-5-6-17-32(23)36)40-26(35)25-33(18-19-41-25)42(37,38)22-14-12-21(13-15-22)31-16-7-11-24(31)34/h2-6,8-10,12-15,17,25H,7,11,16,18-19H2,1H3/t25-,28?/m0/s1. The number of thioether (sulfide) groups is 1. The van der Waals surface area contributed by atoms with Crippen LogP contribution in [0, 0.1) is 5.21 Å². The Morgan fingerprint density at radius 2 is 1.74 bits per heavy atom. The number of hydrogen-bond donors (Lipinski definition) is 0. The van der Waals surface area contributed by atoms with Gasteiger partial charge in [-0.3, -0.25) is 4.79 Å². The number of nitrogens with zero attached hydrogens (tertiary/aromatic N) is 3. The summed E-state index contributed by atoms with van der Waals surface area (Å²) in [5.41, 5.74) is -0.752. The van der Waals surface area contributed by atoms with Crippen molar-refractivity contribution in [2.45, 2.75) is 34.8 Å². The van der Waals surface area contributed by atoms with Gasteiger partial charge < -0.3 is 19.6 Å². The number of sulfonamides is 1. The van der Waals surface area contributed by atoms with Crippen LogP contribution in [-0.4, -0.2) is 55.9 Å². The van der Waals surface area contributed by atoms with Crippen LogP contribution in [0.1, 0.15) is 24.1 Å². The molecule has 2 saturated heterocycles. The largest absolute Gasteiger partial charge is 0.618 e. The molecule has 1 aromatic heterocycles. The zero-order chi connectivity index (χ0) is 30.1. The smallest absolute Gasteiger partial charge is 0.399 e. The lowest BCUT2D eigenvalue weighted by atomic mass is 9.95. The molecule has 2 aliphatic heterocycles. The van der Waals surface area contributed by atoms with Crippen LogP contribution >= 0.6 is 11.8 Å². The van der Waals surface area contributed by atoms with E-state index < -0.39 is 38.8 Å². The van der Waals surface area contributed by atoms with Gasteiger partial charge in [-0.05, 0) is 36.8 Å². The number of alkyl halides is 2. The zero-order valence-corrected chi connectivity index (χ0v) is 24.0. The number of pyridine rings is 1. The Bertz CT molecular complexity index is 1580. The van der Waals surface area contributed by atoms with Gasteiger partial charge in [0.05, 0.1) is 4.90 Å². The second-order valence-electron chi connectivity index (χ2n) is 9.58. The van der Waals surface area contributed by atoms with Crippen molar-refractivity contribution in [3.8, 4) is 0 Å². The number of anilines is 1. The summed E-state index contributed by atoms with van der Waals surface area (Å²) >= 11 is 0.912. The lowest BCUT2D eigenvalue weighted by molar-refractivity contribution is -0.630. The molecule has 42 heavy (non-hydrogen) atoms. The lowest BCUT2D eigenvalue weighted by Crippen LogP contribution is -2.55. The third-order valence-corrected chi connectivity index (χ3v) is 10.3. The molecule has 2 aliphatic rings. The fourth-order valence-electron chi connectivity index (χ4n) is 5.02. The number of carbonyl (C=O) groups excluding carboxylic acids is 2. The molecule has 2 atom stereocenters. The molecule has 2 fully saturated rings. The van der Waals surface area contributed by atoms with E-state index in [-0.39, 0.29) is 33.4 Å². The summed E-state index contributed by atoms with van der Waals surface area (Å²) in [6.07, 6.45) is 2.00. The Labute approximate surface area is 245 Å². The first-order chi connectivity index (χ1) is 20.0. The summed E-state index contributed by atoms with van der Waals surface area (Å²) in [5.74, 6) is -8.47. The minimum Gasteiger partial charge on any atom is -0.618 e. The van der Waals surface area contributed by atoms with Crippen molar-refractivity contribution < 1.29 is 41.0 Å². The highest BCUT2D eigenvalue weighted by atomic mass is 32.2. The van der Waals surface area contributed by atoms with Crippen LogP contribution < -0.4 is 9.63 Å². The van der Waals surface area contributed by atoms with Crippen molar-refractivity contribution >= 4 is 39.3 Å². The predicted octanol–water partition coefficient (Wildman–Crippen LogP) is 3.35. The van der Waals surface area contributed by atoms with Gasteiger partial charge in [-0.2, -0.15) is 17.8 Å². The number of carbonyl (C=O) groups is 2. The number of aromatic nitrogens is 1. The van der Waals surface area contributed by atoms with Gasteiger partial charge in [0, 0.05) is 55.8 Å². The second-order valence-corrected chi connectivity index (χ2v) is 12.7. The Kier molecular flexibility index (Phi) is 8.25. The maximum atomic E-state index is 16.3. The topological polar surface area (TPSA) is 120 Å². The molecular weight excluding hydrogens is 592 g/mol. The summed E-state index contributed by atoms with van der Waals surface area (Å²) in [7, 11) is -3.37. The van der Waals surface area contributed by atoms with E-state index in [0.29, 0.717) is 25.1 Å². The molecular formula is C28H27F2N3O7S2. The molecule has 0 saturated carbocycles. The number of esters is 1. The van der Waals surface area contributed by atoms with E-state index in [0.717, 1.165) is 35.4 Å². The van der Waals surface area contributed by atoms with E-state index in [1.54, 1.807) is 11.0 Å². The number of benzene rings is 2. The first-order valence-corrected chi connectivity index (χ1v) is 15.5. The molecule has 222 valence electrons. The SMILES string of the molecule is COC(OC(=O)[C@@H]1SCCN1S(=O)(=O)c1ccc(N2CCCC2=O)cc1)(c1ccccc1)C(F)(F)c1cccc[n+]1[O-]. The number of rotatable bonds is 9. The normalized spacial score (nSPS) is 19.5. The van der Waals surface area contributed by atoms with Crippen molar-refractivity contribution in [1.82, 2.24) is 4.31 Å². The third kappa shape index (κ3) is 5.12. The van der Waals surface area contributed by atoms with Crippen molar-refractivity contribution in [3.05, 3.63) is 95.5 Å². The highest BCUT2D eigenvalue weighted by molar-refractivity contribution is 8.02. The van der Waals surface area contributed by atoms with Gasteiger partial charge >= 0.3 is 17.7 Å². The monoisotopic (exact) mass is 619 g/mol. The molecule has 0 radical (unpaired) electrons. The van der Waals surface area contributed by atoms with Crippen LogP contribution in [-0.2, 0) is 40.8 Å². The summed E-state index contributed by atoms with van der Waals surface area (Å²) < 4.78 is 71.3. The molecule has 1 unspecified atom stereocenters. The summed E-state index contributed by atoms with van der Waals surface area (Å²) in [5, 5.41) is 10.9. The van der Waals surface area contributed by atoms with E-state index in [9.17, 15) is 23.2 Å². The average Bonchev–Trinajstić information content (AvgIpc) is 3.66. The van der Waals surface area contributed by atoms with Crippen LogP contribution in [0.3, 0.4) is 0 Å². The molecule has 2 aromatic carbocycles. The third-order valence-electron chi connectivity index (χ3n) is 7.12. The number of hydrogen-bond acceptors (Lipinski definition) is 8. The van der Waals surface area contributed by atoms with Gasteiger partial charge in [0.25, 0.3) is 5.69 Å². The van der Waals surface area contributed by atoms with E-state index in [1.807, 2.05) is 0 Å². The number of amides is 1. The van der Waals surface area contributed by atoms with Gasteiger partial charge in [-0.25, -0.2) is 13.2 Å². The molecule has 5 rings (SSSR count). The first kappa shape index (κ1) is 29.9. The molecule has 14 heteroatoms. The highest BCUT2D eigenvalue weighted by Crippen LogP contribution is 2.48. The molecule has 10 nitrogen and oxygen atoms in total. The fraction of sp³-hybridized carbons (Fsp3) is 0.321. The van der Waals surface area contributed by atoms with E-state index in [2.05, 4.69) is 0 Å². The summed E-state index contributed by atoms with van der Waals surface area (Å²) in [6.45, 7) is 0.449. The van der Waals surface area contributed by atoms with Crippen LogP contribution in [0.2, 0.25) is 0 Å². The molecule has 0 bridgehead atoms. The Hall–Kier alpha value is -3.59. The molecule has 0 spiro atoms. The minimum atomic E-state index is -4.28. The number of halogens is 2. The predicted molar refractivity (Wildman–Crippen MR) is 149 cm³/mol. The van der Waals surface area contributed by atoms with Gasteiger partial charge in [0.15, 0.2) is 11.6 Å². The average molecular weight is 620 g/mol. The van der Waals surface area contributed by atoms with Gasteiger partial charge in [0.2, 0.25) is 15.9 Å². The molecule has 0 aliphatic carbocycles. The van der Waals surface area contributed by atoms with Crippen molar-refractivity contribution in [2.75, 3.05) is 30.9 Å². The van der Waals surface area contributed by atoms with Gasteiger partial charge in [0.1, 0.15) is 0 Å². The highest BCUT2D eigenvalue weighted by Gasteiger charge is 2.65. The summed E-state index contributed by atoms with van der Waals surface area (Å²) in [4.78, 5) is 27.1. The molecule has 1 amide bonds. The Morgan fingerprint density at radius 1 is 1.05 bits per heavy atom. The van der Waals surface area contributed by atoms with Crippen molar-refractivity contribution in [1.29, 1.82) is 0 Å². The maximum Gasteiger partial charge on any atom is 0.399 e. The van der Waals surface area contributed by atoms with E-state index in [1.165, 1.54) is 60.7 Å². The molecule has 0 N–H and O–H groups in total. The first-order valence-electron chi connectivity index (χ1n) is 13.0. The quantitative estimate of drug-likeness (QED) is 0.155. The lowest BCUT2D eigenvalue weighted by Gasteiger charge is -2.38. The van der Waals surface area contributed by atoms with Crippen LogP contribution in [0.4, 0.5) is 14.5 Å². The van der Waals surface area contributed by atoms with Crippen LogP contribution in [0.25, 0.3) is 0 Å². The maximum absolute atomic E-state index is 16.3. The van der Waals surface area contributed by atoms with Crippen molar-refractivity contribution in [2.24, 2.45) is 0 Å². The number of ether oxygens (including phenoxy) is 2. The van der Waals surface area contributed by atoms with E-state index >= 15 is 8.78 Å². The van der Waals surface area contributed by atoms with Crippen LogP contribution in [0.5, 0.6) is 0 Å². The van der Waals surface area contributed by atoms with Gasteiger partial charge in [-0.15, -0.1) is 11.8 Å². The van der Waals surface area contributed by atoms with E-state index in [4.69, 9.17) is 9.47 Å². The zero-order valence-electron chi connectivity index (χ0n) is 22.4. The fourth-order valence-corrected chi connectivity index (χ4v) is 8.06. The number of methoxy groups -OCH3 is 1. The minimum absolute atomic E-state index is 0.0506. The Morgan fingerprint density at radius 3 is 2.36 bits per heavy atom. The second kappa shape index (κ2) is 11.6. The summed E-state index contributed by atoms with van der Waals surface area (Å²) in [6, 6.07) is 16.0. The van der Waals surface area contributed by atoms with Crippen molar-refractivity contribution in [3.63, 3.8) is 0 Å². The molecule has 3 heterocycles. The molecule has 3 aromatic rings.